The molecule has 0 aromatic carbocycles. The number of nitrogens with zero attached hydrogens (tertiary/aromatic N) is 2. The first-order chi connectivity index (χ1) is 19.5. The fourth-order valence-corrected chi connectivity index (χ4v) is 6.98. The molecule has 4 nitrogen and oxygen atoms in total. The van der Waals surface area contributed by atoms with Crippen molar-refractivity contribution in [2.75, 3.05) is 0 Å². The fourth-order valence-electron chi connectivity index (χ4n) is 6.98. The average Bonchev–Trinajstić information content (AvgIpc) is 3.67. The number of rotatable bonds is 8. The molecule has 0 saturated carbocycles. The van der Waals surface area contributed by atoms with Crippen molar-refractivity contribution in [1.82, 2.24) is 19.9 Å². The summed E-state index contributed by atoms with van der Waals surface area (Å²) in [4.78, 5) is 18.1. The van der Waals surface area contributed by atoms with Crippen LogP contribution in [0.5, 0.6) is 0 Å². The zero-order chi connectivity index (χ0) is 28.6. The molecular formula is C36H45N4. The van der Waals surface area contributed by atoms with Crippen LogP contribution in [-0.4, -0.2) is 19.9 Å². The minimum Gasteiger partial charge on any atom is -0.355 e. The first kappa shape index (κ1) is 28.1. The lowest BCUT2D eigenvalue weighted by Crippen LogP contribution is -1.87. The topological polar surface area (TPSA) is 57.4 Å². The van der Waals surface area contributed by atoms with E-state index in [-0.39, 0.29) is 0 Å². The SMILES string of the molecule is CCC1=C(CC)c2cc3nc(cc4[nH]c(cc5[nH]c([c]c1n2)c(CC)c5CC)c(CC)c4CC)C(CC)=C3CC. The maximum atomic E-state index is 5.27. The summed E-state index contributed by atoms with van der Waals surface area (Å²) >= 11 is 0. The second-order valence-corrected chi connectivity index (χ2v) is 10.8. The van der Waals surface area contributed by atoms with E-state index in [2.05, 4.69) is 89.6 Å². The van der Waals surface area contributed by atoms with E-state index in [1.165, 1.54) is 61.1 Å². The highest BCUT2D eigenvalue weighted by Crippen LogP contribution is 2.39. The number of nitrogens with one attached hydrogen (secondary N) is 2. The van der Waals surface area contributed by atoms with Crippen molar-refractivity contribution in [3.63, 3.8) is 0 Å². The average molecular weight is 534 g/mol. The Kier molecular flexibility index (Phi) is 8.16. The third-order valence-electron chi connectivity index (χ3n) is 8.86. The van der Waals surface area contributed by atoms with Crippen molar-refractivity contribution < 1.29 is 0 Å². The molecular weight excluding hydrogens is 488 g/mol. The van der Waals surface area contributed by atoms with Crippen LogP contribution < -0.4 is 0 Å². The molecule has 0 amide bonds. The maximum absolute atomic E-state index is 5.27. The molecule has 0 unspecified atom stereocenters. The van der Waals surface area contributed by atoms with Crippen molar-refractivity contribution in [3.8, 4) is 0 Å². The van der Waals surface area contributed by atoms with Gasteiger partial charge in [0.1, 0.15) is 0 Å². The summed E-state index contributed by atoms with van der Waals surface area (Å²) in [5.41, 5.74) is 19.7. The zero-order valence-electron chi connectivity index (χ0n) is 25.8. The van der Waals surface area contributed by atoms with Gasteiger partial charge in [0, 0.05) is 22.6 Å². The predicted octanol–water partition coefficient (Wildman–Crippen LogP) is 9.83. The zero-order valence-corrected chi connectivity index (χ0v) is 25.8. The Morgan fingerprint density at radius 3 is 1.48 bits per heavy atom. The van der Waals surface area contributed by atoms with Gasteiger partial charge in [-0.15, -0.1) is 0 Å². The monoisotopic (exact) mass is 533 g/mol. The van der Waals surface area contributed by atoms with E-state index in [1.54, 1.807) is 0 Å². The normalized spacial score (nSPS) is 13.6. The molecule has 2 aliphatic heterocycles. The van der Waals surface area contributed by atoms with E-state index in [9.17, 15) is 0 Å². The van der Waals surface area contributed by atoms with Gasteiger partial charge in [0.25, 0.3) is 0 Å². The lowest BCUT2D eigenvalue weighted by atomic mass is 9.97. The van der Waals surface area contributed by atoms with Gasteiger partial charge in [-0.1, -0.05) is 55.4 Å². The Bertz CT molecular complexity index is 1550. The van der Waals surface area contributed by atoms with Gasteiger partial charge in [0.2, 0.25) is 0 Å². The number of fused-ring (bicyclic) bond motifs is 8. The summed E-state index contributed by atoms with van der Waals surface area (Å²) < 4.78 is 0. The standard InChI is InChI=1S/C36H45N4/c1-9-21-22(10-2)30-18-32-25(13-5)26(14-6)34(39-32)20-36-28(16-8)27(15-7)35(40-36)19-33-24(12-4)23(11-3)31(38-33)17-29(21)37-30/h17-19,37,39H,9-16H2,1-8H3. The third kappa shape index (κ3) is 4.56. The van der Waals surface area contributed by atoms with Crippen LogP contribution in [0.3, 0.4) is 0 Å². The van der Waals surface area contributed by atoms with Crippen molar-refractivity contribution in [2.24, 2.45) is 0 Å². The summed E-state index contributed by atoms with van der Waals surface area (Å²) in [6.45, 7) is 18.0. The lowest BCUT2D eigenvalue weighted by Gasteiger charge is -2.04. The Morgan fingerprint density at radius 1 is 0.475 bits per heavy atom. The molecule has 3 aromatic rings. The first-order valence-electron chi connectivity index (χ1n) is 15.6. The molecule has 2 aliphatic rings. The molecule has 5 rings (SSSR count). The minimum atomic E-state index is 0.938. The molecule has 209 valence electrons. The van der Waals surface area contributed by atoms with Gasteiger partial charge in [-0.2, -0.15) is 0 Å². The largest absolute Gasteiger partial charge is 0.355 e. The molecule has 0 saturated heterocycles. The maximum Gasteiger partial charge on any atom is 0.0773 e. The highest BCUT2D eigenvalue weighted by Gasteiger charge is 2.22. The molecule has 8 bridgehead atoms. The predicted molar refractivity (Wildman–Crippen MR) is 172 cm³/mol. The van der Waals surface area contributed by atoms with Gasteiger partial charge >= 0.3 is 0 Å². The van der Waals surface area contributed by atoms with Crippen molar-refractivity contribution in [2.45, 2.75) is 107 Å². The smallest absolute Gasteiger partial charge is 0.0773 e. The quantitative estimate of drug-likeness (QED) is 0.303. The number of hydrogen-bond acceptors (Lipinski definition) is 2. The van der Waals surface area contributed by atoms with E-state index in [1.807, 2.05) is 0 Å². The van der Waals surface area contributed by atoms with Crippen molar-refractivity contribution in [1.29, 1.82) is 0 Å². The van der Waals surface area contributed by atoms with Crippen LogP contribution >= 0.6 is 0 Å². The molecule has 2 N–H and O–H groups in total. The molecule has 1 radical (unpaired) electrons. The fraction of sp³-hybridized carbons (Fsp3) is 0.444. The number of allylic oxidation sites excluding steroid dienone is 4. The molecule has 5 heterocycles. The first-order valence-corrected chi connectivity index (χ1v) is 15.6. The van der Waals surface area contributed by atoms with Gasteiger partial charge in [-0.25, -0.2) is 9.97 Å². The van der Waals surface area contributed by atoms with Crippen molar-refractivity contribution >= 4 is 44.4 Å². The van der Waals surface area contributed by atoms with E-state index in [4.69, 9.17) is 9.97 Å². The van der Waals surface area contributed by atoms with E-state index >= 15 is 0 Å². The van der Waals surface area contributed by atoms with E-state index < -0.39 is 0 Å². The molecule has 0 atom stereocenters. The van der Waals surface area contributed by atoms with Gasteiger partial charge in [-0.05, 0) is 114 Å². The van der Waals surface area contributed by atoms with Crippen LogP contribution in [0.2, 0.25) is 0 Å². The highest BCUT2D eigenvalue weighted by atomic mass is 14.8. The summed E-state index contributed by atoms with van der Waals surface area (Å²) in [7, 11) is 0. The molecule has 0 spiro atoms. The number of aromatic nitrogens is 4. The Morgan fingerprint density at radius 2 is 0.925 bits per heavy atom. The van der Waals surface area contributed by atoms with Gasteiger partial charge in [0.15, 0.2) is 0 Å². The number of H-pyrrole nitrogens is 2. The molecule has 40 heavy (non-hydrogen) atoms. The Balaban J connectivity index is 2.03. The summed E-state index contributed by atoms with van der Waals surface area (Å²) in [6, 6.07) is 10.7. The van der Waals surface area contributed by atoms with Gasteiger partial charge in [-0.3, -0.25) is 0 Å². The molecule has 0 fully saturated rings. The third-order valence-corrected chi connectivity index (χ3v) is 8.86. The van der Waals surface area contributed by atoms with Crippen LogP contribution in [0.4, 0.5) is 0 Å². The Labute approximate surface area is 240 Å². The lowest BCUT2D eigenvalue weighted by molar-refractivity contribution is 1.07. The van der Waals surface area contributed by atoms with Crippen LogP contribution in [0.15, 0.2) is 18.2 Å². The van der Waals surface area contributed by atoms with Crippen LogP contribution in [0.1, 0.15) is 126 Å². The number of aromatic amines is 2. The van der Waals surface area contributed by atoms with Crippen LogP contribution in [0.25, 0.3) is 44.4 Å². The van der Waals surface area contributed by atoms with E-state index in [0.29, 0.717) is 0 Å². The second-order valence-electron chi connectivity index (χ2n) is 10.8. The summed E-state index contributed by atoms with van der Waals surface area (Å²) in [5.74, 6) is 0. The molecule has 3 aromatic heterocycles. The van der Waals surface area contributed by atoms with Crippen LogP contribution in [-0.2, 0) is 25.7 Å². The van der Waals surface area contributed by atoms with Crippen LogP contribution in [0, 0.1) is 6.07 Å². The summed E-state index contributed by atoms with van der Waals surface area (Å²) in [6.07, 6.45) is 7.71. The van der Waals surface area contributed by atoms with Gasteiger partial charge < -0.3 is 9.97 Å². The molecule has 0 aliphatic carbocycles. The number of hydrogen-bond donors (Lipinski definition) is 2. The highest BCUT2D eigenvalue weighted by molar-refractivity contribution is 5.96. The summed E-state index contributed by atoms with van der Waals surface area (Å²) in [5, 5.41) is 0. The Hall–Kier alpha value is -3.40. The van der Waals surface area contributed by atoms with Gasteiger partial charge in [0.05, 0.1) is 28.3 Å². The van der Waals surface area contributed by atoms with E-state index in [0.717, 1.165) is 79.7 Å². The second kappa shape index (κ2) is 11.6. The molecule has 4 heteroatoms. The number of aryl methyl sites for hydroxylation is 4. The minimum absolute atomic E-state index is 0.938. The van der Waals surface area contributed by atoms with Crippen molar-refractivity contribution in [3.05, 3.63) is 69.3 Å².